The van der Waals surface area contributed by atoms with Gasteiger partial charge in [-0.25, -0.2) is 9.78 Å². The summed E-state index contributed by atoms with van der Waals surface area (Å²) in [6, 6.07) is 5.86. The lowest BCUT2D eigenvalue weighted by atomic mass is 10.0. The molecule has 3 heterocycles. The van der Waals surface area contributed by atoms with Gasteiger partial charge in [-0.1, -0.05) is 17.7 Å². The molecule has 0 saturated carbocycles. The average Bonchev–Trinajstić information content (AvgIpc) is 3.03. The molecule has 0 unspecified atom stereocenters. The highest BCUT2D eigenvalue weighted by Crippen LogP contribution is 2.33. The van der Waals surface area contributed by atoms with Gasteiger partial charge in [-0.05, 0) is 47.5 Å². The number of hydrogen-bond donors (Lipinski definition) is 3. The number of anilines is 4. The number of carbonyl (C=O) groups excluding carboxylic acids is 1. The molecule has 160 valence electrons. The van der Waals surface area contributed by atoms with Gasteiger partial charge in [-0.15, -0.1) is 11.3 Å². The molecule has 0 saturated heterocycles. The zero-order valence-corrected chi connectivity index (χ0v) is 18.5. The van der Waals surface area contributed by atoms with E-state index < -0.39 is 5.97 Å². The van der Waals surface area contributed by atoms with Crippen LogP contribution in [0, 0.1) is 6.92 Å². The van der Waals surface area contributed by atoms with Crippen LogP contribution in [0.5, 0.6) is 0 Å². The van der Waals surface area contributed by atoms with Crippen molar-refractivity contribution >= 4 is 58.0 Å². The van der Waals surface area contributed by atoms with Crippen LogP contribution in [-0.4, -0.2) is 45.4 Å². The fourth-order valence-electron chi connectivity index (χ4n) is 3.34. The van der Waals surface area contributed by atoms with Gasteiger partial charge in [0.05, 0.1) is 18.3 Å². The molecular formula is C21H20ClN5O3S. The molecule has 4 rings (SSSR count). The van der Waals surface area contributed by atoms with Gasteiger partial charge in [-0.3, -0.25) is 4.79 Å². The largest absolute Gasteiger partial charge is 0.477 e. The van der Waals surface area contributed by atoms with Gasteiger partial charge in [0.2, 0.25) is 11.9 Å². The maximum atomic E-state index is 12.2. The summed E-state index contributed by atoms with van der Waals surface area (Å²) < 4.78 is 0. The van der Waals surface area contributed by atoms with Crippen molar-refractivity contribution in [2.24, 2.45) is 0 Å². The topological polar surface area (TPSA) is 107 Å². The van der Waals surface area contributed by atoms with Gasteiger partial charge in [0.15, 0.2) is 5.82 Å². The van der Waals surface area contributed by atoms with E-state index in [4.69, 9.17) is 11.6 Å². The van der Waals surface area contributed by atoms with E-state index in [1.807, 2.05) is 32.2 Å². The van der Waals surface area contributed by atoms with Crippen LogP contribution in [-0.2, 0) is 17.6 Å². The second kappa shape index (κ2) is 8.52. The van der Waals surface area contributed by atoms with Crippen molar-refractivity contribution in [1.29, 1.82) is 0 Å². The number of likely N-dealkylation sites (N-methyl/N-ethyl adjacent to an activating group) is 1. The van der Waals surface area contributed by atoms with Crippen LogP contribution in [0.4, 0.5) is 23.1 Å². The highest BCUT2D eigenvalue weighted by atomic mass is 35.5. The number of hydrogen-bond acceptors (Lipinski definition) is 7. The molecule has 31 heavy (non-hydrogen) atoms. The van der Waals surface area contributed by atoms with Crippen LogP contribution in [0.2, 0.25) is 5.02 Å². The number of aromatic nitrogens is 2. The van der Waals surface area contributed by atoms with E-state index in [1.165, 1.54) is 6.20 Å². The Morgan fingerprint density at radius 3 is 2.87 bits per heavy atom. The number of benzene rings is 1. The summed E-state index contributed by atoms with van der Waals surface area (Å²) in [6.45, 7) is 2.52. The van der Waals surface area contributed by atoms with Crippen molar-refractivity contribution < 1.29 is 14.7 Å². The molecule has 8 nitrogen and oxygen atoms in total. The van der Waals surface area contributed by atoms with Crippen molar-refractivity contribution in [3.63, 3.8) is 0 Å². The molecule has 1 aromatic carbocycles. The van der Waals surface area contributed by atoms with Gasteiger partial charge >= 0.3 is 5.97 Å². The molecular weight excluding hydrogens is 438 g/mol. The van der Waals surface area contributed by atoms with E-state index in [9.17, 15) is 14.7 Å². The van der Waals surface area contributed by atoms with Crippen molar-refractivity contribution in [3.05, 3.63) is 56.4 Å². The molecule has 3 N–H and O–H groups in total. The summed E-state index contributed by atoms with van der Waals surface area (Å²) >= 11 is 7.38. The number of nitrogens with zero attached hydrogens (tertiary/aromatic N) is 3. The summed E-state index contributed by atoms with van der Waals surface area (Å²) in [4.78, 5) is 34.2. The van der Waals surface area contributed by atoms with Crippen molar-refractivity contribution in [2.75, 3.05) is 24.2 Å². The molecule has 1 aliphatic rings. The number of thiophene rings is 1. The predicted molar refractivity (Wildman–Crippen MR) is 121 cm³/mol. The molecule has 1 aliphatic heterocycles. The van der Waals surface area contributed by atoms with Gasteiger partial charge in [0.25, 0.3) is 0 Å². The smallest absolute Gasteiger partial charge is 0.348 e. The summed E-state index contributed by atoms with van der Waals surface area (Å²) in [5.74, 6) is -0.330. The quantitative estimate of drug-likeness (QED) is 0.525. The molecule has 10 heteroatoms. The summed E-state index contributed by atoms with van der Waals surface area (Å²) in [6.07, 6.45) is 2.61. The number of carboxylic acid groups (broad SMARTS) is 1. The number of carboxylic acids is 1. The Kier molecular flexibility index (Phi) is 5.79. The van der Waals surface area contributed by atoms with E-state index in [0.29, 0.717) is 30.4 Å². The van der Waals surface area contributed by atoms with Crippen LogP contribution in [0.15, 0.2) is 29.8 Å². The van der Waals surface area contributed by atoms with E-state index in [1.54, 1.807) is 10.3 Å². The fraction of sp³-hybridized carbons (Fsp3) is 0.238. The third-order valence-electron chi connectivity index (χ3n) is 5.10. The maximum absolute atomic E-state index is 12.2. The van der Waals surface area contributed by atoms with Crippen LogP contribution in [0.1, 0.15) is 26.4 Å². The van der Waals surface area contributed by atoms with Crippen molar-refractivity contribution in [1.82, 2.24) is 14.9 Å². The minimum atomic E-state index is -1.02. The lowest BCUT2D eigenvalue weighted by Crippen LogP contribution is -2.27. The first-order chi connectivity index (χ1) is 14.8. The summed E-state index contributed by atoms with van der Waals surface area (Å²) in [5, 5.41) is 17.6. The zero-order chi connectivity index (χ0) is 22.1. The lowest BCUT2D eigenvalue weighted by Gasteiger charge is -2.12. The van der Waals surface area contributed by atoms with E-state index >= 15 is 0 Å². The number of rotatable bonds is 5. The Balaban J connectivity index is 1.59. The molecule has 0 atom stereocenters. The molecule has 2 aromatic heterocycles. The predicted octanol–water partition coefficient (Wildman–Crippen LogP) is 4.24. The first-order valence-corrected chi connectivity index (χ1v) is 10.8. The SMILES string of the molecule is Cc1csc(C(=O)O)c1Nc1nc(Nc2ccc3c(c2)CC(=O)N(C)CC3)ncc1Cl. The molecule has 0 aliphatic carbocycles. The molecule has 0 bridgehead atoms. The Hall–Kier alpha value is -3.17. The van der Waals surface area contributed by atoms with Gasteiger partial charge in [0, 0.05) is 19.3 Å². The van der Waals surface area contributed by atoms with Crippen LogP contribution < -0.4 is 10.6 Å². The summed E-state index contributed by atoms with van der Waals surface area (Å²) in [5.41, 5.74) is 4.12. The fourth-order valence-corrected chi connectivity index (χ4v) is 4.32. The van der Waals surface area contributed by atoms with Gasteiger partial charge < -0.3 is 20.6 Å². The van der Waals surface area contributed by atoms with Crippen molar-refractivity contribution in [3.8, 4) is 0 Å². The normalized spacial score (nSPS) is 13.5. The van der Waals surface area contributed by atoms with Crippen LogP contribution >= 0.6 is 22.9 Å². The van der Waals surface area contributed by atoms with Crippen LogP contribution in [0.3, 0.4) is 0 Å². The van der Waals surface area contributed by atoms with E-state index in [2.05, 4.69) is 20.6 Å². The molecule has 0 fully saturated rings. The number of nitrogens with one attached hydrogen (secondary N) is 2. The molecule has 3 aromatic rings. The Labute approximate surface area is 187 Å². The van der Waals surface area contributed by atoms with Gasteiger partial charge in [0.1, 0.15) is 9.90 Å². The standard InChI is InChI=1S/C21H20ClN5O3S/c1-11-10-31-18(20(29)30)17(11)25-19-15(22)9-23-21(26-19)24-14-4-3-12-5-6-27(2)16(28)8-13(12)7-14/h3-4,7,9-10H,5-6,8H2,1-2H3,(H,29,30)(H2,23,24,25,26). The second-order valence-electron chi connectivity index (χ2n) is 7.29. The van der Waals surface area contributed by atoms with Gasteiger partial charge in [-0.2, -0.15) is 4.98 Å². The van der Waals surface area contributed by atoms with Crippen molar-refractivity contribution in [2.45, 2.75) is 19.8 Å². The van der Waals surface area contributed by atoms with E-state index in [-0.39, 0.29) is 15.8 Å². The number of aromatic carboxylic acids is 1. The number of amides is 1. The Morgan fingerprint density at radius 2 is 2.10 bits per heavy atom. The minimum Gasteiger partial charge on any atom is -0.477 e. The average molecular weight is 458 g/mol. The summed E-state index contributed by atoms with van der Waals surface area (Å²) in [7, 11) is 1.81. The molecule has 1 amide bonds. The number of fused-ring (bicyclic) bond motifs is 1. The first kappa shape index (κ1) is 21.1. The molecule has 0 radical (unpaired) electrons. The number of halogens is 1. The third-order valence-corrected chi connectivity index (χ3v) is 6.47. The highest BCUT2D eigenvalue weighted by Gasteiger charge is 2.19. The minimum absolute atomic E-state index is 0.0884. The Bertz CT molecular complexity index is 1180. The van der Waals surface area contributed by atoms with E-state index in [0.717, 1.165) is 40.1 Å². The third kappa shape index (κ3) is 4.47. The highest BCUT2D eigenvalue weighted by molar-refractivity contribution is 7.12. The zero-order valence-electron chi connectivity index (χ0n) is 16.9. The number of carbonyl (C=O) groups is 2. The lowest BCUT2D eigenvalue weighted by molar-refractivity contribution is -0.128. The molecule has 0 spiro atoms. The Morgan fingerprint density at radius 1 is 1.29 bits per heavy atom. The maximum Gasteiger partial charge on any atom is 0.348 e. The first-order valence-electron chi connectivity index (χ1n) is 9.55. The monoisotopic (exact) mass is 457 g/mol. The second-order valence-corrected chi connectivity index (χ2v) is 8.58. The van der Waals surface area contributed by atoms with Crippen LogP contribution in [0.25, 0.3) is 0 Å². The number of aryl methyl sites for hydroxylation is 1.